The number of benzene rings is 1. The first-order valence-electron chi connectivity index (χ1n) is 10.2. The third kappa shape index (κ3) is 5.79. The number of halogens is 3. The maximum atomic E-state index is 13.1. The normalized spacial score (nSPS) is 12.6. The first-order valence-corrected chi connectivity index (χ1v) is 12.1. The summed E-state index contributed by atoms with van der Waals surface area (Å²) in [6, 6.07) is 4.64. The average molecular weight is 513 g/mol. The summed E-state index contributed by atoms with van der Waals surface area (Å²) in [5.41, 5.74) is -0.660. The van der Waals surface area contributed by atoms with Gasteiger partial charge in [0, 0.05) is 11.9 Å². The Labute approximate surface area is 201 Å². The molecule has 0 saturated carbocycles. The van der Waals surface area contributed by atoms with Gasteiger partial charge in [0.15, 0.2) is 0 Å². The lowest BCUT2D eigenvalue weighted by Crippen LogP contribution is -2.39. The molecule has 2 heterocycles. The molecule has 34 heavy (non-hydrogen) atoms. The van der Waals surface area contributed by atoms with E-state index in [9.17, 15) is 27.6 Å². The van der Waals surface area contributed by atoms with E-state index in [1.54, 1.807) is 6.92 Å². The Bertz CT molecular complexity index is 1290. The lowest BCUT2D eigenvalue weighted by molar-refractivity contribution is -0.137. The van der Waals surface area contributed by atoms with Gasteiger partial charge in [-0.15, -0.1) is 23.1 Å². The number of alkyl halides is 3. The van der Waals surface area contributed by atoms with Crippen molar-refractivity contribution in [3.63, 3.8) is 0 Å². The molecule has 1 atom stereocenters. The van der Waals surface area contributed by atoms with Crippen molar-refractivity contribution in [3.8, 4) is 0 Å². The summed E-state index contributed by atoms with van der Waals surface area (Å²) < 4.78 is 39.3. The van der Waals surface area contributed by atoms with Crippen molar-refractivity contribution in [1.29, 1.82) is 0 Å². The number of anilines is 1. The van der Waals surface area contributed by atoms with Gasteiger partial charge >= 0.3 is 6.18 Å². The van der Waals surface area contributed by atoms with Gasteiger partial charge in [-0.05, 0) is 38.5 Å². The number of rotatable bonds is 7. The zero-order valence-corrected chi connectivity index (χ0v) is 20.5. The second-order valence-corrected chi connectivity index (χ2v) is 10.2. The minimum absolute atomic E-state index is 0.227. The number of hydrogen-bond donors (Lipinski definition) is 2. The molecular formula is C22H23F3N4O3S2. The molecule has 0 unspecified atom stereocenters. The first-order chi connectivity index (χ1) is 15.9. The van der Waals surface area contributed by atoms with Crippen LogP contribution in [0.3, 0.4) is 0 Å². The van der Waals surface area contributed by atoms with Crippen molar-refractivity contribution in [2.45, 2.75) is 38.0 Å². The Morgan fingerprint density at radius 3 is 2.62 bits per heavy atom. The summed E-state index contributed by atoms with van der Waals surface area (Å²) in [6.45, 7) is 5.03. The average Bonchev–Trinajstić information content (AvgIpc) is 3.04. The van der Waals surface area contributed by atoms with Crippen LogP contribution in [0.1, 0.15) is 28.8 Å². The van der Waals surface area contributed by atoms with Crippen molar-refractivity contribution in [3.05, 3.63) is 56.4 Å². The van der Waals surface area contributed by atoms with E-state index in [4.69, 9.17) is 0 Å². The highest BCUT2D eigenvalue weighted by Gasteiger charge is 2.33. The molecule has 0 saturated heterocycles. The second-order valence-electron chi connectivity index (χ2n) is 7.72. The van der Waals surface area contributed by atoms with Gasteiger partial charge in [-0.2, -0.15) is 13.2 Å². The quantitative estimate of drug-likeness (QED) is 0.491. The molecule has 3 rings (SSSR count). The number of nitrogens with zero attached hydrogens (tertiary/aromatic N) is 2. The zero-order valence-electron chi connectivity index (χ0n) is 18.9. The number of hydrogen-bond acceptors (Lipinski definition) is 6. The van der Waals surface area contributed by atoms with Crippen LogP contribution in [0.15, 0.2) is 29.1 Å². The molecule has 12 heteroatoms. The molecule has 0 bridgehead atoms. The van der Waals surface area contributed by atoms with Crippen LogP contribution in [0.4, 0.5) is 18.9 Å². The van der Waals surface area contributed by atoms with E-state index in [0.29, 0.717) is 16.0 Å². The van der Waals surface area contributed by atoms with Crippen molar-refractivity contribution in [2.75, 3.05) is 18.9 Å². The van der Waals surface area contributed by atoms with Gasteiger partial charge < -0.3 is 15.2 Å². The van der Waals surface area contributed by atoms with E-state index in [-0.39, 0.29) is 22.9 Å². The van der Waals surface area contributed by atoms with Crippen LogP contribution in [0.25, 0.3) is 10.2 Å². The van der Waals surface area contributed by atoms with E-state index in [1.165, 1.54) is 42.3 Å². The molecule has 3 aromatic rings. The number of thiophene rings is 1. The van der Waals surface area contributed by atoms with Gasteiger partial charge in [-0.3, -0.25) is 14.4 Å². The van der Waals surface area contributed by atoms with Crippen molar-refractivity contribution in [2.24, 2.45) is 0 Å². The summed E-state index contributed by atoms with van der Waals surface area (Å²) >= 11 is 2.66. The van der Waals surface area contributed by atoms with E-state index < -0.39 is 29.4 Å². The number of fused-ring (bicyclic) bond motifs is 1. The van der Waals surface area contributed by atoms with Crippen molar-refractivity contribution < 1.29 is 22.8 Å². The highest BCUT2D eigenvalue weighted by Crippen LogP contribution is 2.34. The molecule has 2 N–H and O–H groups in total. The predicted molar refractivity (Wildman–Crippen MR) is 128 cm³/mol. The van der Waals surface area contributed by atoms with Crippen molar-refractivity contribution in [1.82, 2.24) is 14.9 Å². The molecule has 0 spiro atoms. The minimum atomic E-state index is -4.62. The number of aromatic amines is 1. The Balaban J connectivity index is 1.59. The van der Waals surface area contributed by atoms with Crippen LogP contribution in [0.2, 0.25) is 0 Å². The monoisotopic (exact) mass is 512 g/mol. The molecule has 0 aliphatic heterocycles. The molecular weight excluding hydrogens is 489 g/mol. The first kappa shape index (κ1) is 25.8. The van der Waals surface area contributed by atoms with Crippen molar-refractivity contribution >= 4 is 50.8 Å². The van der Waals surface area contributed by atoms with Crippen LogP contribution in [0.5, 0.6) is 0 Å². The third-order valence-corrected chi connectivity index (χ3v) is 7.41. The van der Waals surface area contributed by atoms with Gasteiger partial charge in [0.25, 0.3) is 5.56 Å². The van der Waals surface area contributed by atoms with Crippen LogP contribution >= 0.6 is 23.1 Å². The lowest BCUT2D eigenvalue weighted by atomic mass is 10.1. The Morgan fingerprint density at radius 1 is 1.26 bits per heavy atom. The number of H-pyrrole nitrogens is 1. The fourth-order valence-corrected chi connectivity index (χ4v) is 5.19. The fraction of sp³-hybridized carbons (Fsp3) is 0.364. The van der Waals surface area contributed by atoms with E-state index in [1.807, 2.05) is 13.8 Å². The molecule has 7 nitrogen and oxygen atoms in total. The Morgan fingerprint density at radius 2 is 1.94 bits per heavy atom. The number of carbonyl (C=O) groups is 2. The minimum Gasteiger partial charge on any atom is -0.335 e. The lowest BCUT2D eigenvalue weighted by Gasteiger charge is -2.21. The van der Waals surface area contributed by atoms with E-state index in [2.05, 4.69) is 15.3 Å². The second kappa shape index (κ2) is 10.2. The van der Waals surface area contributed by atoms with Crippen LogP contribution < -0.4 is 10.9 Å². The summed E-state index contributed by atoms with van der Waals surface area (Å²) in [6.07, 6.45) is -4.62. The molecule has 0 aliphatic carbocycles. The number of nitrogens with one attached hydrogen (secondary N) is 2. The van der Waals surface area contributed by atoms with Crippen LogP contribution in [-0.4, -0.2) is 45.5 Å². The number of amides is 2. The number of para-hydroxylation sites is 1. The molecule has 0 radical (unpaired) electrons. The molecule has 2 aromatic heterocycles. The third-order valence-electron chi connectivity index (χ3n) is 5.17. The Hall–Kier alpha value is -2.86. The number of carbonyl (C=O) groups excluding carboxylic acids is 2. The Kier molecular flexibility index (Phi) is 7.71. The highest BCUT2D eigenvalue weighted by atomic mass is 32.2. The van der Waals surface area contributed by atoms with E-state index >= 15 is 0 Å². The molecule has 0 aliphatic rings. The summed E-state index contributed by atoms with van der Waals surface area (Å²) in [7, 11) is 1.40. The van der Waals surface area contributed by atoms with Crippen LogP contribution in [0, 0.1) is 13.8 Å². The van der Waals surface area contributed by atoms with Gasteiger partial charge in [-0.25, -0.2) is 4.98 Å². The molecule has 182 valence electrons. The molecule has 0 fully saturated rings. The standard InChI is InChI=1S/C22H23F3N4O3S2/c1-11-12(2)34-20-18(11)19(31)27-16(28-20)10-33-13(3)21(32)29(4)9-17(30)26-15-8-6-5-7-14(15)22(23,24)25/h5-8,13H,9-10H2,1-4H3,(H,26,30)(H,27,28,31)/t13-/m1/s1. The summed E-state index contributed by atoms with van der Waals surface area (Å²) in [4.78, 5) is 47.3. The van der Waals surface area contributed by atoms with Gasteiger partial charge in [0.1, 0.15) is 10.7 Å². The zero-order chi connectivity index (χ0) is 25.2. The summed E-state index contributed by atoms with van der Waals surface area (Å²) in [5.74, 6) is -0.416. The van der Waals surface area contributed by atoms with E-state index in [0.717, 1.165) is 27.5 Å². The molecule has 1 aromatic carbocycles. The number of aryl methyl sites for hydroxylation is 2. The number of aromatic nitrogens is 2. The predicted octanol–water partition coefficient (Wildman–Crippen LogP) is 4.34. The number of likely N-dealkylation sites (N-methyl/N-ethyl adjacent to an activating group) is 1. The topological polar surface area (TPSA) is 95.2 Å². The molecule has 2 amide bonds. The maximum absolute atomic E-state index is 13.1. The fourth-order valence-electron chi connectivity index (χ4n) is 3.28. The maximum Gasteiger partial charge on any atom is 0.418 e. The van der Waals surface area contributed by atoms with Crippen LogP contribution in [-0.2, 0) is 21.5 Å². The van der Waals surface area contributed by atoms with Gasteiger partial charge in [0.2, 0.25) is 11.8 Å². The SMILES string of the molecule is Cc1sc2nc(CS[C@H](C)C(=O)N(C)CC(=O)Nc3ccccc3C(F)(F)F)[nH]c(=O)c2c1C. The summed E-state index contributed by atoms with van der Waals surface area (Å²) in [5, 5.41) is 2.21. The van der Waals surface area contributed by atoms with Gasteiger partial charge in [-0.1, -0.05) is 12.1 Å². The largest absolute Gasteiger partial charge is 0.418 e. The highest BCUT2D eigenvalue weighted by molar-refractivity contribution is 7.99. The smallest absolute Gasteiger partial charge is 0.335 e. The van der Waals surface area contributed by atoms with Gasteiger partial charge in [0.05, 0.1) is 34.2 Å². The number of thioether (sulfide) groups is 1.